The summed E-state index contributed by atoms with van der Waals surface area (Å²) in [5, 5.41) is 8.42. The van der Waals surface area contributed by atoms with Gasteiger partial charge in [-0.25, -0.2) is 13.2 Å². The van der Waals surface area contributed by atoms with Crippen LogP contribution in [0.3, 0.4) is 0 Å². The minimum absolute atomic E-state index is 0.0646. The minimum Gasteiger partial charge on any atom is -0.447 e. The van der Waals surface area contributed by atoms with E-state index in [4.69, 9.17) is 4.74 Å². The highest BCUT2D eigenvalue weighted by atomic mass is 32.2. The molecule has 0 spiro atoms. The molecule has 0 N–H and O–H groups in total. The van der Waals surface area contributed by atoms with Crippen molar-refractivity contribution in [3.8, 4) is 17.1 Å². The summed E-state index contributed by atoms with van der Waals surface area (Å²) in [6.07, 6.45) is -1.39. The van der Waals surface area contributed by atoms with Gasteiger partial charge in [0.25, 0.3) is 0 Å². The van der Waals surface area contributed by atoms with E-state index in [0.717, 1.165) is 17.0 Å². The predicted octanol–water partition coefficient (Wildman–Crippen LogP) is 4.51. The summed E-state index contributed by atoms with van der Waals surface area (Å²) in [5.41, 5.74) is 0.294. The van der Waals surface area contributed by atoms with E-state index in [9.17, 15) is 18.0 Å². The Kier molecular flexibility index (Phi) is 5.33. The van der Waals surface area contributed by atoms with Crippen LogP contribution in [0.15, 0.2) is 41.6 Å². The number of aromatic nitrogens is 3. The van der Waals surface area contributed by atoms with E-state index >= 15 is 0 Å². The van der Waals surface area contributed by atoms with Crippen molar-refractivity contribution >= 4 is 23.4 Å². The highest BCUT2D eigenvalue weighted by Crippen LogP contribution is 2.44. The van der Waals surface area contributed by atoms with E-state index in [1.54, 1.807) is 0 Å². The molecule has 10 heteroatoms. The number of carbonyl (C=O) groups is 1. The van der Waals surface area contributed by atoms with Crippen LogP contribution in [0.1, 0.15) is 25.6 Å². The average Bonchev–Trinajstić information content (AvgIpc) is 2.84. The molecule has 1 atom stereocenters. The Balaban J connectivity index is 2.00. The maximum Gasteiger partial charge on any atom is 0.247 e. The van der Waals surface area contributed by atoms with Crippen LogP contribution in [-0.4, -0.2) is 26.8 Å². The zero-order chi connectivity index (χ0) is 21.4. The first-order valence-electron chi connectivity index (χ1n) is 8.98. The topological polar surface area (TPSA) is 68.2 Å². The molecule has 1 amide bonds. The summed E-state index contributed by atoms with van der Waals surface area (Å²) in [7, 11) is 0. The molecule has 0 bridgehead atoms. The number of halogens is 3. The second kappa shape index (κ2) is 7.94. The first kappa shape index (κ1) is 20.1. The van der Waals surface area contributed by atoms with E-state index in [2.05, 4.69) is 15.2 Å². The van der Waals surface area contributed by atoms with Gasteiger partial charge >= 0.3 is 0 Å². The summed E-state index contributed by atoms with van der Waals surface area (Å²) < 4.78 is 48.6. The van der Waals surface area contributed by atoms with E-state index in [0.29, 0.717) is 10.9 Å². The molecule has 30 heavy (non-hydrogen) atoms. The molecule has 0 radical (unpaired) electrons. The van der Waals surface area contributed by atoms with E-state index in [1.165, 1.54) is 43.0 Å². The van der Waals surface area contributed by atoms with Gasteiger partial charge in [0.2, 0.25) is 23.2 Å². The van der Waals surface area contributed by atoms with Crippen molar-refractivity contribution in [2.75, 3.05) is 10.7 Å². The van der Waals surface area contributed by atoms with Crippen LogP contribution in [0.5, 0.6) is 5.88 Å². The Bertz CT molecular complexity index is 1150. The molecule has 0 saturated carbocycles. The van der Waals surface area contributed by atoms with Crippen LogP contribution in [-0.2, 0) is 4.79 Å². The van der Waals surface area contributed by atoms with Crippen molar-refractivity contribution in [1.29, 1.82) is 0 Å². The van der Waals surface area contributed by atoms with Crippen molar-refractivity contribution in [2.45, 2.75) is 25.2 Å². The van der Waals surface area contributed by atoms with E-state index < -0.39 is 29.6 Å². The number of fused-ring (bicyclic) bond motifs is 3. The van der Waals surface area contributed by atoms with Crippen LogP contribution >= 0.6 is 11.8 Å². The molecule has 1 unspecified atom stereocenters. The van der Waals surface area contributed by atoms with Crippen molar-refractivity contribution < 1.29 is 22.7 Å². The molecule has 0 fully saturated rings. The molecule has 1 aliphatic heterocycles. The van der Waals surface area contributed by atoms with Crippen LogP contribution in [0.25, 0.3) is 11.3 Å². The van der Waals surface area contributed by atoms with E-state index in [-0.39, 0.29) is 28.4 Å². The van der Waals surface area contributed by atoms with Crippen LogP contribution in [0.2, 0.25) is 0 Å². The molecule has 3 aromatic rings. The van der Waals surface area contributed by atoms with Crippen LogP contribution < -0.4 is 9.64 Å². The second-order valence-electron chi connectivity index (χ2n) is 6.34. The van der Waals surface area contributed by atoms with Gasteiger partial charge in [0.1, 0.15) is 5.82 Å². The van der Waals surface area contributed by atoms with Gasteiger partial charge in [0.05, 0.1) is 11.3 Å². The normalized spacial score (nSPS) is 15.1. The molecular weight excluding hydrogens is 417 g/mol. The summed E-state index contributed by atoms with van der Waals surface area (Å²) >= 11 is 1.30. The number of amides is 1. The quantitative estimate of drug-likeness (QED) is 0.568. The molecule has 4 rings (SSSR count). The largest absolute Gasteiger partial charge is 0.447 e. The van der Waals surface area contributed by atoms with Crippen molar-refractivity contribution in [1.82, 2.24) is 15.2 Å². The maximum atomic E-state index is 14.7. The summed E-state index contributed by atoms with van der Waals surface area (Å²) in [6.45, 7) is 3.14. The van der Waals surface area contributed by atoms with Gasteiger partial charge in [0.15, 0.2) is 17.3 Å². The Morgan fingerprint density at radius 1 is 1.20 bits per heavy atom. The van der Waals surface area contributed by atoms with Crippen molar-refractivity contribution in [3.63, 3.8) is 0 Å². The highest BCUT2D eigenvalue weighted by molar-refractivity contribution is 7.99. The number of benzene rings is 2. The van der Waals surface area contributed by atoms with E-state index in [1.807, 2.05) is 6.92 Å². The number of carbonyl (C=O) groups excluding carboxylic acids is 1. The van der Waals surface area contributed by atoms with Crippen LogP contribution in [0, 0.1) is 17.5 Å². The molecule has 6 nitrogen and oxygen atoms in total. The fraction of sp³-hybridized carbons (Fsp3) is 0.200. The zero-order valence-electron chi connectivity index (χ0n) is 15.9. The third-order valence-corrected chi connectivity index (χ3v) is 5.15. The Morgan fingerprint density at radius 3 is 2.73 bits per heavy atom. The number of rotatable bonds is 3. The SMILES string of the molecule is CCSc1nnc2c(n1)OC(c1cccc(F)c1F)N(C(C)=O)c1ccc(F)cc1-2. The third kappa shape index (κ3) is 3.47. The lowest BCUT2D eigenvalue weighted by atomic mass is 10.1. The lowest BCUT2D eigenvalue weighted by Gasteiger charge is -2.30. The maximum absolute atomic E-state index is 14.7. The van der Waals surface area contributed by atoms with Crippen LogP contribution in [0.4, 0.5) is 18.9 Å². The van der Waals surface area contributed by atoms with Gasteiger partial charge in [-0.15, -0.1) is 10.2 Å². The molecule has 154 valence electrons. The molecule has 0 saturated heterocycles. The minimum atomic E-state index is -1.39. The fourth-order valence-corrected chi connectivity index (χ4v) is 3.68. The summed E-state index contributed by atoms with van der Waals surface area (Å²) in [6, 6.07) is 7.25. The molecular formula is C20H15F3N4O2S. The van der Waals surface area contributed by atoms with Crippen molar-refractivity contribution in [3.05, 3.63) is 59.4 Å². The summed E-state index contributed by atoms with van der Waals surface area (Å²) in [4.78, 5) is 18.0. The fourth-order valence-electron chi connectivity index (χ4n) is 3.18. The number of hydrogen-bond donors (Lipinski definition) is 0. The summed E-state index contributed by atoms with van der Waals surface area (Å²) in [5.74, 6) is -2.76. The van der Waals surface area contributed by atoms with Gasteiger partial charge < -0.3 is 4.74 Å². The number of anilines is 1. The zero-order valence-corrected chi connectivity index (χ0v) is 16.7. The first-order chi connectivity index (χ1) is 14.4. The molecule has 2 aromatic carbocycles. The Morgan fingerprint density at radius 2 is 2.00 bits per heavy atom. The number of thioether (sulfide) groups is 1. The predicted molar refractivity (Wildman–Crippen MR) is 105 cm³/mol. The van der Waals surface area contributed by atoms with Crippen molar-refractivity contribution in [2.24, 2.45) is 0 Å². The lowest BCUT2D eigenvalue weighted by Crippen LogP contribution is -2.36. The molecule has 0 aliphatic carbocycles. The Hall–Kier alpha value is -3.14. The van der Waals surface area contributed by atoms with Gasteiger partial charge in [-0.05, 0) is 30.0 Å². The van der Waals surface area contributed by atoms with Gasteiger partial charge in [-0.1, -0.05) is 30.8 Å². The molecule has 2 heterocycles. The third-order valence-electron chi connectivity index (χ3n) is 4.43. The average molecular weight is 432 g/mol. The lowest BCUT2D eigenvalue weighted by molar-refractivity contribution is -0.118. The number of hydrogen-bond acceptors (Lipinski definition) is 6. The van der Waals surface area contributed by atoms with Gasteiger partial charge in [-0.3, -0.25) is 9.69 Å². The number of nitrogens with zero attached hydrogens (tertiary/aromatic N) is 4. The first-order valence-corrected chi connectivity index (χ1v) is 9.97. The van der Waals surface area contributed by atoms with Gasteiger partial charge in [-0.2, -0.15) is 4.98 Å². The standard InChI is InChI=1S/C20H15F3N4O2S/c1-3-30-20-24-18-17(25-26-20)13-9-11(21)7-8-15(13)27(10(2)28)19(29-18)12-5-4-6-14(22)16(12)23/h4-9,19H,3H2,1-2H3. The number of ether oxygens (including phenoxy) is 1. The van der Waals surface area contributed by atoms with Gasteiger partial charge in [0, 0.05) is 12.5 Å². The Labute approximate surface area is 174 Å². The molecule has 1 aromatic heterocycles. The monoisotopic (exact) mass is 432 g/mol. The highest BCUT2D eigenvalue weighted by Gasteiger charge is 2.36. The molecule has 1 aliphatic rings. The second-order valence-corrected chi connectivity index (χ2v) is 7.58. The smallest absolute Gasteiger partial charge is 0.247 e.